The molecular weight excluding hydrogens is 400 g/mol. The molecule has 1 aromatic heterocycles. The van der Waals surface area contributed by atoms with Crippen molar-refractivity contribution in [2.24, 2.45) is 0 Å². The van der Waals surface area contributed by atoms with Crippen molar-refractivity contribution in [2.75, 3.05) is 6.61 Å². The molecule has 4 rings (SSSR count). The molecular formula is C20H24O10. The van der Waals surface area contributed by atoms with Crippen molar-refractivity contribution in [1.82, 2.24) is 0 Å². The van der Waals surface area contributed by atoms with Crippen LogP contribution in [0.3, 0.4) is 0 Å². The lowest BCUT2D eigenvalue weighted by Crippen LogP contribution is -2.61. The molecule has 30 heavy (non-hydrogen) atoms. The summed E-state index contributed by atoms with van der Waals surface area (Å²) in [6.07, 6.45) is -7.36. The van der Waals surface area contributed by atoms with Crippen molar-refractivity contribution in [3.63, 3.8) is 0 Å². The minimum absolute atomic E-state index is 0.0580. The second-order valence-electron chi connectivity index (χ2n) is 8.10. The van der Waals surface area contributed by atoms with Gasteiger partial charge in [0, 0.05) is 24.1 Å². The maximum atomic E-state index is 11.5. The quantitative estimate of drug-likeness (QED) is 0.401. The summed E-state index contributed by atoms with van der Waals surface area (Å²) in [4.78, 5) is 11.5. The molecule has 164 valence electrons. The molecule has 1 aromatic carbocycles. The van der Waals surface area contributed by atoms with E-state index >= 15 is 0 Å². The van der Waals surface area contributed by atoms with Crippen molar-refractivity contribution < 1.29 is 44.2 Å². The van der Waals surface area contributed by atoms with Gasteiger partial charge >= 0.3 is 5.63 Å². The average Bonchev–Trinajstić information content (AvgIpc) is 3.13. The highest BCUT2D eigenvalue weighted by Crippen LogP contribution is 2.44. The van der Waals surface area contributed by atoms with Crippen LogP contribution in [0.2, 0.25) is 0 Å². The first-order chi connectivity index (χ1) is 14.1. The smallest absolute Gasteiger partial charge is 0.336 e. The Morgan fingerprint density at radius 2 is 1.90 bits per heavy atom. The van der Waals surface area contributed by atoms with Gasteiger partial charge in [-0.2, -0.15) is 0 Å². The predicted molar refractivity (Wildman–Crippen MR) is 101 cm³/mol. The zero-order valence-electron chi connectivity index (χ0n) is 16.4. The molecule has 0 amide bonds. The van der Waals surface area contributed by atoms with Gasteiger partial charge in [-0.3, -0.25) is 0 Å². The molecule has 0 radical (unpaired) electrons. The monoisotopic (exact) mass is 424 g/mol. The van der Waals surface area contributed by atoms with Crippen LogP contribution in [0, 0.1) is 0 Å². The van der Waals surface area contributed by atoms with Gasteiger partial charge in [-0.05, 0) is 19.9 Å². The van der Waals surface area contributed by atoms with Gasteiger partial charge in [0.25, 0.3) is 0 Å². The number of rotatable bonds is 4. The molecule has 10 heteroatoms. The van der Waals surface area contributed by atoms with Gasteiger partial charge in [-0.25, -0.2) is 4.79 Å². The minimum Gasteiger partial charge on any atom is -0.507 e. The number of ether oxygens (including phenoxy) is 3. The van der Waals surface area contributed by atoms with E-state index in [0.29, 0.717) is 16.7 Å². The molecule has 1 fully saturated rings. The van der Waals surface area contributed by atoms with E-state index in [1.165, 1.54) is 18.2 Å². The first-order valence-electron chi connectivity index (χ1n) is 9.56. The Morgan fingerprint density at radius 3 is 2.60 bits per heavy atom. The van der Waals surface area contributed by atoms with E-state index in [1.54, 1.807) is 13.8 Å². The van der Waals surface area contributed by atoms with Gasteiger partial charge in [-0.1, -0.05) is 0 Å². The fraction of sp³-hybridized carbons (Fsp3) is 0.550. The molecule has 0 aliphatic carbocycles. The molecule has 2 aliphatic rings. The molecule has 6 atom stereocenters. The summed E-state index contributed by atoms with van der Waals surface area (Å²) in [7, 11) is 0. The summed E-state index contributed by atoms with van der Waals surface area (Å²) in [5.74, 6) is 0.280. The summed E-state index contributed by atoms with van der Waals surface area (Å²) in [6, 6.07) is 4.21. The van der Waals surface area contributed by atoms with Crippen LogP contribution in [-0.2, 0) is 15.9 Å². The van der Waals surface area contributed by atoms with Crippen LogP contribution in [0.4, 0.5) is 0 Å². The van der Waals surface area contributed by atoms with E-state index in [2.05, 4.69) is 0 Å². The van der Waals surface area contributed by atoms with E-state index < -0.39 is 54.6 Å². The predicted octanol–water partition coefficient (Wildman–Crippen LogP) is -0.603. The summed E-state index contributed by atoms with van der Waals surface area (Å²) in [6.45, 7) is 2.80. The number of hydrogen-bond acceptors (Lipinski definition) is 10. The van der Waals surface area contributed by atoms with Gasteiger partial charge in [0.05, 0.1) is 12.0 Å². The molecule has 2 aliphatic heterocycles. The third-order valence-corrected chi connectivity index (χ3v) is 5.67. The first-order valence-corrected chi connectivity index (χ1v) is 9.56. The Morgan fingerprint density at radius 1 is 1.17 bits per heavy atom. The summed E-state index contributed by atoms with van der Waals surface area (Å²) in [5.41, 5.74) is -0.923. The third kappa shape index (κ3) is 3.45. The van der Waals surface area contributed by atoms with Gasteiger partial charge in [0.2, 0.25) is 0 Å². The van der Waals surface area contributed by atoms with Crippen molar-refractivity contribution in [2.45, 2.75) is 62.7 Å². The van der Waals surface area contributed by atoms with Gasteiger partial charge < -0.3 is 44.2 Å². The van der Waals surface area contributed by atoms with E-state index in [4.69, 9.17) is 18.6 Å². The van der Waals surface area contributed by atoms with Gasteiger partial charge in [0.1, 0.15) is 53.2 Å². The number of aromatic hydroxyl groups is 1. The van der Waals surface area contributed by atoms with Crippen molar-refractivity contribution >= 4 is 11.0 Å². The molecule has 5 N–H and O–H groups in total. The number of benzene rings is 1. The zero-order valence-corrected chi connectivity index (χ0v) is 16.4. The highest BCUT2D eigenvalue weighted by molar-refractivity contribution is 5.87. The van der Waals surface area contributed by atoms with Crippen LogP contribution in [-0.4, -0.2) is 74.6 Å². The lowest BCUT2D eigenvalue weighted by molar-refractivity contribution is -0.329. The van der Waals surface area contributed by atoms with E-state index in [0.717, 1.165) is 0 Å². The average molecular weight is 424 g/mol. The number of aliphatic hydroxyl groups is 4. The lowest BCUT2D eigenvalue weighted by Gasteiger charge is -2.43. The number of hydrogen-bond donors (Lipinski definition) is 5. The number of phenolic OH excluding ortho intramolecular Hbond substituents is 1. The van der Waals surface area contributed by atoms with Crippen LogP contribution in [0.15, 0.2) is 27.4 Å². The Kier molecular flexibility index (Phi) is 5.25. The third-order valence-electron chi connectivity index (χ3n) is 5.67. The van der Waals surface area contributed by atoms with E-state index in [9.17, 15) is 30.3 Å². The molecule has 0 spiro atoms. The van der Waals surface area contributed by atoms with Gasteiger partial charge in [0.15, 0.2) is 6.29 Å². The fourth-order valence-corrected chi connectivity index (χ4v) is 3.83. The maximum Gasteiger partial charge on any atom is 0.336 e. The van der Waals surface area contributed by atoms with E-state index in [-0.39, 0.29) is 17.8 Å². The SMILES string of the molecule is CC(C)(O[C@H]1O[C@H](CO)[C@H](O)[C@@H](O)[C@H]1O)[C@H]1Cc2c(cc3oc(=O)ccc3c2O)O1. The van der Waals surface area contributed by atoms with E-state index in [1.807, 2.05) is 0 Å². The second kappa shape index (κ2) is 7.49. The molecule has 1 saturated heterocycles. The van der Waals surface area contributed by atoms with Crippen LogP contribution in [0.5, 0.6) is 11.5 Å². The van der Waals surface area contributed by atoms with Crippen LogP contribution in [0.25, 0.3) is 11.0 Å². The highest BCUT2D eigenvalue weighted by Gasteiger charge is 2.48. The van der Waals surface area contributed by atoms with Crippen molar-refractivity contribution in [3.05, 3.63) is 34.2 Å². The molecule has 10 nitrogen and oxygen atoms in total. The second-order valence-corrected chi connectivity index (χ2v) is 8.10. The molecule has 0 unspecified atom stereocenters. The normalized spacial score (nSPS) is 31.5. The lowest BCUT2D eigenvalue weighted by atomic mass is 9.94. The fourth-order valence-electron chi connectivity index (χ4n) is 3.83. The summed E-state index contributed by atoms with van der Waals surface area (Å²) in [5, 5.41) is 50.4. The molecule has 2 aromatic rings. The zero-order chi connectivity index (χ0) is 21.8. The van der Waals surface area contributed by atoms with Crippen LogP contribution < -0.4 is 10.4 Å². The molecule has 0 saturated carbocycles. The van der Waals surface area contributed by atoms with Crippen molar-refractivity contribution in [1.29, 1.82) is 0 Å². The number of fused-ring (bicyclic) bond motifs is 2. The number of aliphatic hydroxyl groups excluding tert-OH is 4. The minimum atomic E-state index is -1.56. The maximum absolute atomic E-state index is 11.5. The Bertz CT molecular complexity index is 997. The van der Waals surface area contributed by atoms with Crippen molar-refractivity contribution in [3.8, 4) is 11.5 Å². The number of phenols is 1. The van der Waals surface area contributed by atoms with Crippen LogP contribution in [0.1, 0.15) is 19.4 Å². The highest BCUT2D eigenvalue weighted by atomic mass is 16.7. The first kappa shape index (κ1) is 21.0. The standard InChI is InChI=1S/C20H24O10/c1-20(2,30-19-18(26)17(25)16(24)12(7-21)29-19)13-5-9-11(27-13)6-10-8(15(9)23)3-4-14(22)28-10/h3-4,6,12-13,16-19,21,23-26H,5,7H2,1-2H3/t12-,13-,16+,17-,18-,19-/m1/s1. The Labute approximate surface area is 170 Å². The molecule has 0 bridgehead atoms. The van der Waals surface area contributed by atoms with Gasteiger partial charge in [-0.15, -0.1) is 0 Å². The molecule has 3 heterocycles. The Hall–Kier alpha value is -2.21. The largest absolute Gasteiger partial charge is 0.507 e. The summed E-state index contributed by atoms with van der Waals surface area (Å²) < 4.78 is 22.3. The topological polar surface area (TPSA) is 159 Å². The van der Waals surface area contributed by atoms with Crippen LogP contribution >= 0.6 is 0 Å². The summed E-state index contributed by atoms with van der Waals surface area (Å²) >= 11 is 0. The Balaban J connectivity index is 1.57.